The third kappa shape index (κ3) is 6.66. The monoisotopic (exact) mass is 400 g/mol. The largest absolute Gasteiger partial charge is 0.357 e. The number of nitrogens with one attached hydrogen (secondary N) is 3. The van der Waals surface area contributed by atoms with Crippen molar-refractivity contribution in [2.24, 2.45) is 4.99 Å². The van der Waals surface area contributed by atoms with Crippen LogP contribution in [0.3, 0.4) is 0 Å². The van der Waals surface area contributed by atoms with Crippen molar-refractivity contribution in [2.45, 2.75) is 17.7 Å². The van der Waals surface area contributed by atoms with Crippen LogP contribution in [0, 0.1) is 0 Å². The Morgan fingerprint density at radius 1 is 1.16 bits per heavy atom. The average Bonchev–Trinajstić information content (AvgIpc) is 3.13. The standard InChI is InChI=1S/C16H21ClN4O2S2/c1-2-18-16(20-12-13-5-7-14(17)8-6-13)19-9-10-21-25(22,23)15-4-3-11-24-15/h3-8,11,21H,2,9-10,12H2,1H3,(H2,18,19,20). The molecule has 25 heavy (non-hydrogen) atoms. The number of sulfonamides is 1. The van der Waals surface area contributed by atoms with Crippen LogP contribution in [-0.2, 0) is 16.6 Å². The molecule has 136 valence electrons. The normalized spacial score (nSPS) is 12.2. The highest BCUT2D eigenvalue weighted by molar-refractivity contribution is 7.91. The van der Waals surface area contributed by atoms with E-state index in [1.807, 2.05) is 31.2 Å². The molecular weight excluding hydrogens is 380 g/mol. The summed E-state index contributed by atoms with van der Waals surface area (Å²) in [6.45, 7) is 3.89. The third-order valence-corrected chi connectivity index (χ3v) is 6.26. The van der Waals surface area contributed by atoms with Gasteiger partial charge >= 0.3 is 0 Å². The summed E-state index contributed by atoms with van der Waals surface area (Å²) in [4.78, 5) is 4.47. The number of nitrogens with zero attached hydrogens (tertiary/aromatic N) is 1. The smallest absolute Gasteiger partial charge is 0.250 e. The molecule has 0 spiro atoms. The van der Waals surface area contributed by atoms with Crippen LogP contribution in [0.25, 0.3) is 0 Å². The first-order valence-corrected chi connectivity index (χ1v) is 10.5. The van der Waals surface area contributed by atoms with Crippen molar-refractivity contribution in [3.63, 3.8) is 0 Å². The molecule has 0 fully saturated rings. The molecule has 2 rings (SSSR count). The van der Waals surface area contributed by atoms with Gasteiger partial charge in [0.2, 0.25) is 10.0 Å². The second-order valence-corrected chi connectivity index (χ2v) is 8.46. The number of guanidine groups is 1. The Hall–Kier alpha value is -1.61. The SMILES string of the molecule is CCNC(=NCc1ccc(Cl)cc1)NCCNS(=O)(=O)c1cccs1. The second kappa shape index (κ2) is 9.76. The van der Waals surface area contributed by atoms with E-state index in [0.717, 1.165) is 5.56 Å². The highest BCUT2D eigenvalue weighted by atomic mass is 35.5. The van der Waals surface area contributed by atoms with E-state index in [-0.39, 0.29) is 6.54 Å². The molecule has 0 radical (unpaired) electrons. The van der Waals surface area contributed by atoms with Crippen LogP contribution in [-0.4, -0.2) is 34.0 Å². The van der Waals surface area contributed by atoms with Crippen molar-refractivity contribution in [1.29, 1.82) is 0 Å². The van der Waals surface area contributed by atoms with E-state index in [1.165, 1.54) is 11.3 Å². The summed E-state index contributed by atoms with van der Waals surface area (Å²) in [5.74, 6) is 0.632. The molecule has 0 bridgehead atoms. The number of halogens is 1. The summed E-state index contributed by atoms with van der Waals surface area (Å²) >= 11 is 7.06. The number of thiophene rings is 1. The van der Waals surface area contributed by atoms with Crippen LogP contribution in [0.5, 0.6) is 0 Å². The first kappa shape index (κ1) is 19.7. The van der Waals surface area contributed by atoms with E-state index in [1.54, 1.807) is 17.5 Å². The van der Waals surface area contributed by atoms with Crippen molar-refractivity contribution < 1.29 is 8.42 Å². The lowest BCUT2D eigenvalue weighted by molar-refractivity contribution is 0.582. The second-order valence-electron chi connectivity index (χ2n) is 5.08. The van der Waals surface area contributed by atoms with Gasteiger partial charge in [0.05, 0.1) is 6.54 Å². The van der Waals surface area contributed by atoms with Gasteiger partial charge in [-0.25, -0.2) is 18.1 Å². The molecular formula is C16H21ClN4O2S2. The summed E-state index contributed by atoms with van der Waals surface area (Å²) in [5, 5.41) is 8.66. The van der Waals surface area contributed by atoms with Crippen molar-refractivity contribution >= 4 is 38.9 Å². The summed E-state index contributed by atoms with van der Waals surface area (Å²) in [6, 6.07) is 10.8. The van der Waals surface area contributed by atoms with Crippen LogP contribution in [0.15, 0.2) is 51.0 Å². The van der Waals surface area contributed by atoms with E-state index in [2.05, 4.69) is 20.3 Å². The predicted molar refractivity (Wildman–Crippen MR) is 104 cm³/mol. The molecule has 0 unspecified atom stereocenters. The molecule has 1 heterocycles. The Bertz CT molecular complexity index is 775. The molecule has 1 aromatic heterocycles. The summed E-state index contributed by atoms with van der Waals surface area (Å²) in [5.41, 5.74) is 1.04. The quantitative estimate of drug-likeness (QED) is 0.361. The summed E-state index contributed by atoms with van der Waals surface area (Å²) in [7, 11) is -3.43. The summed E-state index contributed by atoms with van der Waals surface area (Å²) in [6.07, 6.45) is 0. The van der Waals surface area contributed by atoms with E-state index < -0.39 is 10.0 Å². The average molecular weight is 401 g/mol. The maximum atomic E-state index is 12.0. The van der Waals surface area contributed by atoms with Gasteiger partial charge in [0.15, 0.2) is 5.96 Å². The first-order chi connectivity index (χ1) is 12.0. The van der Waals surface area contributed by atoms with Crippen molar-refractivity contribution in [2.75, 3.05) is 19.6 Å². The zero-order valence-electron chi connectivity index (χ0n) is 13.8. The van der Waals surface area contributed by atoms with Gasteiger partial charge in [-0.3, -0.25) is 0 Å². The van der Waals surface area contributed by atoms with Crippen LogP contribution in [0.1, 0.15) is 12.5 Å². The zero-order valence-corrected chi connectivity index (χ0v) is 16.2. The Morgan fingerprint density at radius 3 is 2.56 bits per heavy atom. The van der Waals surface area contributed by atoms with Gasteiger partial charge in [0.1, 0.15) is 4.21 Å². The molecule has 0 aliphatic heterocycles. The lowest BCUT2D eigenvalue weighted by Crippen LogP contribution is -2.41. The molecule has 3 N–H and O–H groups in total. The van der Waals surface area contributed by atoms with E-state index in [9.17, 15) is 8.42 Å². The summed E-state index contributed by atoms with van der Waals surface area (Å²) < 4.78 is 26.9. The highest BCUT2D eigenvalue weighted by Crippen LogP contribution is 2.14. The van der Waals surface area contributed by atoms with Gasteiger partial charge in [-0.2, -0.15) is 0 Å². The molecule has 0 amide bonds. The van der Waals surface area contributed by atoms with E-state index in [0.29, 0.717) is 34.8 Å². The van der Waals surface area contributed by atoms with Gasteiger partial charge in [-0.1, -0.05) is 29.8 Å². The zero-order chi connectivity index (χ0) is 18.1. The van der Waals surface area contributed by atoms with Crippen LogP contribution in [0.2, 0.25) is 5.02 Å². The van der Waals surface area contributed by atoms with E-state index in [4.69, 9.17) is 11.6 Å². The lowest BCUT2D eigenvalue weighted by atomic mass is 10.2. The number of rotatable bonds is 8. The third-order valence-electron chi connectivity index (χ3n) is 3.15. The molecule has 2 aromatic rings. The van der Waals surface area contributed by atoms with Crippen LogP contribution in [0.4, 0.5) is 0 Å². The molecule has 0 atom stereocenters. The van der Waals surface area contributed by atoms with Gasteiger partial charge in [0, 0.05) is 24.7 Å². The van der Waals surface area contributed by atoms with Gasteiger partial charge in [0.25, 0.3) is 0 Å². The maximum absolute atomic E-state index is 12.0. The minimum atomic E-state index is -3.43. The predicted octanol–water partition coefficient (Wildman–Crippen LogP) is 2.44. The van der Waals surface area contributed by atoms with Crippen molar-refractivity contribution in [1.82, 2.24) is 15.4 Å². The molecule has 0 aliphatic rings. The van der Waals surface area contributed by atoms with Gasteiger partial charge in [-0.05, 0) is 36.1 Å². The number of benzene rings is 1. The molecule has 6 nitrogen and oxygen atoms in total. The number of hydrogen-bond donors (Lipinski definition) is 3. The Morgan fingerprint density at radius 2 is 1.92 bits per heavy atom. The lowest BCUT2D eigenvalue weighted by Gasteiger charge is -2.12. The van der Waals surface area contributed by atoms with Crippen LogP contribution >= 0.6 is 22.9 Å². The number of aliphatic imine (C=N–C) groups is 1. The Balaban J connectivity index is 1.82. The fraction of sp³-hybridized carbons (Fsp3) is 0.312. The highest BCUT2D eigenvalue weighted by Gasteiger charge is 2.13. The first-order valence-electron chi connectivity index (χ1n) is 7.81. The minimum Gasteiger partial charge on any atom is -0.357 e. The van der Waals surface area contributed by atoms with Crippen molar-refractivity contribution in [3.8, 4) is 0 Å². The Labute approximate surface area is 157 Å². The minimum absolute atomic E-state index is 0.269. The topological polar surface area (TPSA) is 82.6 Å². The molecule has 0 saturated carbocycles. The maximum Gasteiger partial charge on any atom is 0.250 e. The van der Waals surface area contributed by atoms with E-state index >= 15 is 0 Å². The molecule has 1 aromatic carbocycles. The van der Waals surface area contributed by atoms with Gasteiger partial charge in [-0.15, -0.1) is 11.3 Å². The van der Waals surface area contributed by atoms with Gasteiger partial charge < -0.3 is 10.6 Å². The molecule has 0 aliphatic carbocycles. The van der Waals surface area contributed by atoms with Crippen LogP contribution < -0.4 is 15.4 Å². The Kier molecular flexibility index (Phi) is 7.70. The molecule has 9 heteroatoms. The molecule has 0 saturated heterocycles. The fourth-order valence-corrected chi connectivity index (χ4v) is 4.15. The fourth-order valence-electron chi connectivity index (χ4n) is 1.96. The van der Waals surface area contributed by atoms with Crippen molar-refractivity contribution in [3.05, 3.63) is 52.4 Å². The number of hydrogen-bond acceptors (Lipinski definition) is 4.